The van der Waals surface area contributed by atoms with Gasteiger partial charge in [0.15, 0.2) is 0 Å². The first-order valence-corrected chi connectivity index (χ1v) is 6.75. The van der Waals surface area contributed by atoms with Gasteiger partial charge in [0.05, 0.1) is 15.7 Å². The molecular formula is C12H10N4O4S. The van der Waals surface area contributed by atoms with Crippen molar-refractivity contribution in [3.63, 3.8) is 0 Å². The van der Waals surface area contributed by atoms with E-state index >= 15 is 0 Å². The van der Waals surface area contributed by atoms with Crippen LogP contribution in [0.2, 0.25) is 0 Å². The Kier molecular flexibility index (Phi) is 4.67. The Hall–Kier alpha value is -2.68. The molecule has 1 heterocycles. The number of carbonyl (C=O) groups excluding carboxylic acids is 1. The summed E-state index contributed by atoms with van der Waals surface area (Å²) in [4.78, 5) is 38.8. The van der Waals surface area contributed by atoms with E-state index in [2.05, 4.69) is 15.3 Å². The van der Waals surface area contributed by atoms with Crippen LogP contribution in [-0.2, 0) is 4.79 Å². The fourth-order valence-electron chi connectivity index (χ4n) is 1.47. The smallest absolute Gasteiger partial charge is 0.325 e. The van der Waals surface area contributed by atoms with Gasteiger partial charge in [0.2, 0.25) is 5.91 Å². The monoisotopic (exact) mass is 306 g/mol. The highest BCUT2D eigenvalue weighted by Gasteiger charge is 2.08. The lowest BCUT2D eigenvalue weighted by Crippen LogP contribution is -2.15. The Morgan fingerprint density at radius 2 is 2.24 bits per heavy atom. The van der Waals surface area contributed by atoms with Crippen molar-refractivity contribution in [3.8, 4) is 0 Å². The molecule has 0 saturated carbocycles. The van der Waals surface area contributed by atoms with Gasteiger partial charge in [-0.1, -0.05) is 17.8 Å². The van der Waals surface area contributed by atoms with E-state index < -0.39 is 10.6 Å². The molecule has 9 heteroatoms. The van der Waals surface area contributed by atoms with Gasteiger partial charge in [0.25, 0.3) is 5.69 Å². The van der Waals surface area contributed by atoms with Crippen LogP contribution in [0.4, 0.5) is 11.4 Å². The minimum Gasteiger partial charge on any atom is -0.325 e. The largest absolute Gasteiger partial charge is 0.345 e. The summed E-state index contributed by atoms with van der Waals surface area (Å²) in [5.74, 6) is -0.277. The molecule has 0 bridgehead atoms. The van der Waals surface area contributed by atoms with Crippen molar-refractivity contribution in [2.45, 2.75) is 5.03 Å². The molecule has 0 spiro atoms. The Bertz CT molecular complexity index is 731. The molecule has 0 aliphatic carbocycles. The number of hydrogen-bond donors (Lipinski definition) is 2. The fraction of sp³-hybridized carbons (Fsp3) is 0.0833. The Morgan fingerprint density at radius 3 is 2.95 bits per heavy atom. The molecule has 0 fully saturated rings. The van der Waals surface area contributed by atoms with E-state index in [0.717, 1.165) is 11.8 Å². The van der Waals surface area contributed by atoms with Crippen LogP contribution in [0.25, 0.3) is 0 Å². The van der Waals surface area contributed by atoms with E-state index in [9.17, 15) is 19.7 Å². The van der Waals surface area contributed by atoms with Crippen LogP contribution in [-0.4, -0.2) is 26.6 Å². The number of nitrogens with one attached hydrogen (secondary N) is 2. The number of nitrogens with zero attached hydrogens (tertiary/aromatic N) is 2. The molecule has 2 rings (SSSR count). The van der Waals surface area contributed by atoms with Crippen molar-refractivity contribution in [2.75, 3.05) is 11.1 Å². The predicted octanol–water partition coefficient (Wildman–Crippen LogP) is 1.41. The highest BCUT2D eigenvalue weighted by Crippen LogP contribution is 2.18. The van der Waals surface area contributed by atoms with Gasteiger partial charge in [0, 0.05) is 24.0 Å². The summed E-state index contributed by atoms with van der Waals surface area (Å²) in [6.45, 7) is 0. The highest BCUT2D eigenvalue weighted by atomic mass is 32.2. The zero-order valence-electron chi connectivity index (χ0n) is 10.6. The number of nitro groups is 1. The lowest BCUT2D eigenvalue weighted by Gasteiger charge is -2.04. The van der Waals surface area contributed by atoms with E-state index in [1.54, 1.807) is 12.1 Å². The van der Waals surface area contributed by atoms with E-state index in [0.29, 0.717) is 10.7 Å². The van der Waals surface area contributed by atoms with Crippen LogP contribution in [0, 0.1) is 10.1 Å². The topological polar surface area (TPSA) is 118 Å². The molecule has 1 amide bonds. The normalized spacial score (nSPS) is 10.1. The summed E-state index contributed by atoms with van der Waals surface area (Å²) in [5, 5.41) is 13.7. The third-order valence-corrected chi connectivity index (χ3v) is 3.30. The molecule has 108 valence electrons. The molecule has 0 aliphatic rings. The number of thioether (sulfide) groups is 1. The summed E-state index contributed by atoms with van der Waals surface area (Å²) in [7, 11) is 0. The molecule has 2 aromatic rings. The van der Waals surface area contributed by atoms with E-state index in [4.69, 9.17) is 0 Å². The number of rotatable bonds is 5. The second kappa shape index (κ2) is 6.66. The number of benzene rings is 1. The first kappa shape index (κ1) is 14.7. The number of non-ortho nitro benzene ring substituents is 1. The Balaban J connectivity index is 1.94. The summed E-state index contributed by atoms with van der Waals surface area (Å²) in [6.07, 6.45) is 1.35. The molecule has 21 heavy (non-hydrogen) atoms. The van der Waals surface area contributed by atoms with Crippen LogP contribution in [0.1, 0.15) is 0 Å². The van der Waals surface area contributed by atoms with Crippen molar-refractivity contribution >= 4 is 29.0 Å². The standard InChI is InChI=1S/C12H10N4O4S/c17-10(7-21-11-4-5-13-12(18)15-11)14-8-2-1-3-9(6-8)16(19)20/h1-6H,7H2,(H,14,17)(H,13,15,18). The van der Waals surface area contributed by atoms with E-state index in [1.165, 1.54) is 24.4 Å². The first-order chi connectivity index (χ1) is 10.0. The van der Waals surface area contributed by atoms with Gasteiger partial charge in [-0.05, 0) is 12.1 Å². The molecule has 0 radical (unpaired) electrons. The second-order valence-electron chi connectivity index (χ2n) is 3.88. The third-order valence-electron chi connectivity index (χ3n) is 2.35. The van der Waals surface area contributed by atoms with Gasteiger partial charge in [-0.2, -0.15) is 0 Å². The number of carbonyl (C=O) groups is 1. The van der Waals surface area contributed by atoms with E-state index in [1.807, 2.05) is 0 Å². The minimum atomic E-state index is -0.536. The third kappa shape index (κ3) is 4.42. The maximum absolute atomic E-state index is 11.7. The van der Waals surface area contributed by atoms with Gasteiger partial charge in [-0.25, -0.2) is 9.78 Å². The molecule has 2 N–H and O–H groups in total. The molecule has 0 aliphatic heterocycles. The van der Waals surface area contributed by atoms with Crippen LogP contribution in [0.3, 0.4) is 0 Å². The average molecular weight is 306 g/mol. The quantitative estimate of drug-likeness (QED) is 0.373. The molecule has 1 aromatic heterocycles. The van der Waals surface area contributed by atoms with Crippen LogP contribution < -0.4 is 11.0 Å². The second-order valence-corrected chi connectivity index (χ2v) is 4.90. The van der Waals surface area contributed by atoms with Crippen molar-refractivity contribution in [1.29, 1.82) is 0 Å². The minimum absolute atomic E-state index is 0.0582. The summed E-state index contributed by atoms with van der Waals surface area (Å²) in [6, 6.07) is 7.24. The SMILES string of the molecule is O=C(CSc1ccnc(=O)[nH]1)Nc1cccc([N+](=O)[O-])c1. The number of anilines is 1. The molecular weight excluding hydrogens is 296 g/mol. The molecule has 0 saturated heterocycles. The lowest BCUT2D eigenvalue weighted by atomic mass is 10.3. The highest BCUT2D eigenvalue weighted by molar-refractivity contribution is 7.99. The number of amides is 1. The molecule has 8 nitrogen and oxygen atoms in total. The maximum Gasteiger partial charge on any atom is 0.345 e. The lowest BCUT2D eigenvalue weighted by molar-refractivity contribution is -0.384. The number of aromatic nitrogens is 2. The Morgan fingerprint density at radius 1 is 1.43 bits per heavy atom. The van der Waals surface area contributed by atoms with Gasteiger partial charge in [-0.3, -0.25) is 14.9 Å². The summed E-state index contributed by atoms with van der Waals surface area (Å²) in [5.41, 5.74) is -0.240. The maximum atomic E-state index is 11.7. The number of H-pyrrole nitrogens is 1. The van der Waals surface area contributed by atoms with E-state index in [-0.39, 0.29) is 17.3 Å². The first-order valence-electron chi connectivity index (χ1n) is 5.77. The zero-order chi connectivity index (χ0) is 15.2. The van der Waals surface area contributed by atoms with Crippen LogP contribution >= 0.6 is 11.8 Å². The van der Waals surface area contributed by atoms with Gasteiger partial charge in [0.1, 0.15) is 0 Å². The molecule has 0 atom stereocenters. The molecule has 0 unspecified atom stereocenters. The van der Waals surface area contributed by atoms with Gasteiger partial charge < -0.3 is 10.3 Å². The van der Waals surface area contributed by atoms with Crippen molar-refractivity contribution < 1.29 is 9.72 Å². The number of aromatic amines is 1. The fourth-order valence-corrected chi connectivity index (χ4v) is 2.15. The van der Waals surface area contributed by atoms with Crippen LogP contribution in [0.15, 0.2) is 46.3 Å². The van der Waals surface area contributed by atoms with Gasteiger partial charge >= 0.3 is 5.69 Å². The zero-order valence-corrected chi connectivity index (χ0v) is 11.4. The van der Waals surface area contributed by atoms with Crippen molar-refractivity contribution in [3.05, 3.63) is 57.1 Å². The van der Waals surface area contributed by atoms with Crippen molar-refractivity contribution in [2.24, 2.45) is 0 Å². The van der Waals surface area contributed by atoms with Gasteiger partial charge in [-0.15, -0.1) is 0 Å². The summed E-state index contributed by atoms with van der Waals surface area (Å²) < 4.78 is 0. The average Bonchev–Trinajstić information content (AvgIpc) is 2.45. The number of hydrogen-bond acceptors (Lipinski definition) is 6. The Labute approximate surface area is 122 Å². The number of nitro benzene ring substituents is 1. The summed E-state index contributed by atoms with van der Waals surface area (Å²) >= 11 is 1.13. The van der Waals surface area contributed by atoms with Crippen LogP contribution in [0.5, 0.6) is 0 Å². The predicted molar refractivity (Wildman–Crippen MR) is 77.3 cm³/mol. The molecule has 1 aromatic carbocycles. The van der Waals surface area contributed by atoms with Crippen molar-refractivity contribution in [1.82, 2.24) is 9.97 Å².